The van der Waals surface area contributed by atoms with E-state index in [2.05, 4.69) is 31.2 Å². The number of hydrogen-bond donors (Lipinski definition) is 2. The van der Waals surface area contributed by atoms with Gasteiger partial charge in [-0.3, -0.25) is 9.59 Å². The topological polar surface area (TPSA) is 69.6 Å². The molecule has 0 aliphatic heterocycles. The first-order chi connectivity index (χ1) is 15.5. The van der Waals surface area contributed by atoms with Gasteiger partial charge in [0, 0.05) is 12.5 Å². The predicted octanol–water partition coefficient (Wildman–Crippen LogP) is 6.94. The maximum absolute atomic E-state index is 12.2. The van der Waals surface area contributed by atoms with E-state index in [0.717, 1.165) is 32.1 Å². The van der Waals surface area contributed by atoms with Gasteiger partial charge in [-0.05, 0) is 39.9 Å². The van der Waals surface area contributed by atoms with E-state index in [9.17, 15) is 9.59 Å². The Hall–Kier alpha value is -1.10. The number of nitrogens with zero attached hydrogens (tertiary/aromatic N) is 1. The first-order valence-corrected chi connectivity index (χ1v) is 13.6. The summed E-state index contributed by atoms with van der Waals surface area (Å²) in [6, 6.07) is -0.214. The lowest BCUT2D eigenvalue weighted by molar-refractivity contribution is -0.137. The maximum atomic E-state index is 12.2. The van der Waals surface area contributed by atoms with Gasteiger partial charge in [0.05, 0.1) is 6.42 Å². The molecule has 5 nitrogen and oxygen atoms in total. The second kappa shape index (κ2) is 23.1. The number of carbonyl (C=O) groups is 2. The number of carbonyl (C=O) groups excluding carboxylic acids is 1. The molecular weight excluding hydrogens is 400 g/mol. The van der Waals surface area contributed by atoms with Gasteiger partial charge in [-0.15, -0.1) is 0 Å². The Bertz CT molecular complexity index is 441. The second-order valence-electron chi connectivity index (χ2n) is 9.86. The van der Waals surface area contributed by atoms with Crippen molar-refractivity contribution in [1.82, 2.24) is 10.2 Å². The minimum absolute atomic E-state index is 0.0249. The second-order valence-corrected chi connectivity index (χ2v) is 9.86. The van der Waals surface area contributed by atoms with Gasteiger partial charge in [0.25, 0.3) is 0 Å². The van der Waals surface area contributed by atoms with E-state index in [0.29, 0.717) is 6.42 Å². The van der Waals surface area contributed by atoms with Crippen LogP contribution in [0, 0.1) is 0 Å². The van der Waals surface area contributed by atoms with Crippen LogP contribution in [0.5, 0.6) is 0 Å². The summed E-state index contributed by atoms with van der Waals surface area (Å²) >= 11 is 0. The average molecular weight is 455 g/mol. The minimum atomic E-state index is -0.823. The molecule has 0 saturated heterocycles. The highest BCUT2D eigenvalue weighted by Crippen LogP contribution is 2.13. The van der Waals surface area contributed by atoms with Gasteiger partial charge in [-0.1, -0.05) is 103 Å². The molecule has 0 heterocycles. The van der Waals surface area contributed by atoms with Crippen LogP contribution in [0.25, 0.3) is 0 Å². The monoisotopic (exact) mass is 454 g/mol. The molecule has 0 aliphatic carbocycles. The Balaban J connectivity index is 3.67. The van der Waals surface area contributed by atoms with Gasteiger partial charge < -0.3 is 15.3 Å². The van der Waals surface area contributed by atoms with E-state index in [1.54, 1.807) is 0 Å². The number of carboxylic acid groups (broad SMARTS) is 1. The van der Waals surface area contributed by atoms with E-state index in [1.807, 2.05) is 0 Å². The molecule has 0 spiro atoms. The van der Waals surface area contributed by atoms with Crippen molar-refractivity contribution in [1.29, 1.82) is 0 Å². The number of amides is 1. The highest BCUT2D eigenvalue weighted by atomic mass is 16.4. The van der Waals surface area contributed by atoms with Crippen molar-refractivity contribution < 1.29 is 14.7 Å². The van der Waals surface area contributed by atoms with E-state index in [1.165, 1.54) is 90.0 Å². The van der Waals surface area contributed by atoms with Crippen molar-refractivity contribution in [3.63, 3.8) is 0 Å². The number of rotatable bonds is 24. The molecule has 0 aliphatic rings. The molecule has 0 saturated carbocycles. The van der Waals surface area contributed by atoms with E-state index < -0.39 is 5.97 Å². The van der Waals surface area contributed by atoms with E-state index in [-0.39, 0.29) is 18.4 Å². The SMILES string of the molecule is CCCCCCCCCC(CC(=O)O)NC(=O)CCCCCCCCCCCCN(C)C. The van der Waals surface area contributed by atoms with Gasteiger partial charge in [-0.2, -0.15) is 0 Å². The van der Waals surface area contributed by atoms with Crippen LogP contribution >= 0.6 is 0 Å². The van der Waals surface area contributed by atoms with Gasteiger partial charge >= 0.3 is 5.97 Å². The van der Waals surface area contributed by atoms with Crippen molar-refractivity contribution in [2.24, 2.45) is 0 Å². The molecule has 1 amide bonds. The zero-order valence-electron chi connectivity index (χ0n) is 21.6. The number of unbranched alkanes of at least 4 members (excludes halogenated alkanes) is 15. The maximum Gasteiger partial charge on any atom is 0.305 e. The summed E-state index contributed by atoms with van der Waals surface area (Å²) in [6.07, 6.45) is 22.3. The third-order valence-electron chi connectivity index (χ3n) is 6.20. The van der Waals surface area contributed by atoms with Crippen LogP contribution in [-0.2, 0) is 9.59 Å². The smallest absolute Gasteiger partial charge is 0.305 e. The molecule has 190 valence electrons. The van der Waals surface area contributed by atoms with E-state index >= 15 is 0 Å². The van der Waals surface area contributed by atoms with Crippen LogP contribution in [-0.4, -0.2) is 48.6 Å². The largest absolute Gasteiger partial charge is 0.481 e. The van der Waals surface area contributed by atoms with Gasteiger partial charge in [0.15, 0.2) is 0 Å². The normalized spacial score (nSPS) is 12.2. The molecule has 0 aromatic heterocycles. The summed E-state index contributed by atoms with van der Waals surface area (Å²) < 4.78 is 0. The predicted molar refractivity (Wildman–Crippen MR) is 136 cm³/mol. The van der Waals surface area contributed by atoms with Crippen LogP contribution in [0.1, 0.15) is 135 Å². The van der Waals surface area contributed by atoms with Crippen molar-refractivity contribution in [3.05, 3.63) is 0 Å². The Kier molecular flexibility index (Phi) is 22.3. The summed E-state index contributed by atoms with van der Waals surface area (Å²) in [7, 11) is 4.27. The third kappa shape index (κ3) is 23.6. The van der Waals surface area contributed by atoms with Crippen LogP contribution in [0.15, 0.2) is 0 Å². The van der Waals surface area contributed by atoms with Gasteiger partial charge in [-0.25, -0.2) is 0 Å². The van der Waals surface area contributed by atoms with Crippen LogP contribution in [0.4, 0.5) is 0 Å². The Morgan fingerprint density at radius 3 is 1.69 bits per heavy atom. The highest BCUT2D eigenvalue weighted by Gasteiger charge is 2.15. The number of hydrogen-bond acceptors (Lipinski definition) is 3. The summed E-state index contributed by atoms with van der Waals surface area (Å²) in [5.41, 5.74) is 0. The number of carboxylic acids is 1. The summed E-state index contributed by atoms with van der Waals surface area (Å²) in [5, 5.41) is 12.1. The fraction of sp³-hybridized carbons (Fsp3) is 0.926. The van der Waals surface area contributed by atoms with E-state index in [4.69, 9.17) is 5.11 Å². The molecular formula is C27H54N2O3. The first-order valence-electron chi connectivity index (χ1n) is 13.6. The highest BCUT2D eigenvalue weighted by molar-refractivity contribution is 5.77. The summed E-state index contributed by atoms with van der Waals surface area (Å²) in [6.45, 7) is 3.42. The third-order valence-corrected chi connectivity index (χ3v) is 6.20. The minimum Gasteiger partial charge on any atom is -0.481 e. The molecule has 0 radical (unpaired) electrons. The Morgan fingerprint density at radius 1 is 0.719 bits per heavy atom. The van der Waals surface area contributed by atoms with Crippen LogP contribution < -0.4 is 5.32 Å². The standard InChI is InChI=1S/C27H54N2O3/c1-4-5-6-7-12-15-18-21-25(24-27(31)32)28-26(30)22-19-16-13-10-8-9-11-14-17-20-23-29(2)3/h25H,4-24H2,1-3H3,(H,28,30)(H,31,32). The quantitative estimate of drug-likeness (QED) is 0.155. The molecule has 0 fully saturated rings. The molecule has 0 aromatic rings. The fourth-order valence-corrected chi connectivity index (χ4v) is 4.21. The van der Waals surface area contributed by atoms with Crippen molar-refractivity contribution in [3.8, 4) is 0 Å². The van der Waals surface area contributed by atoms with Gasteiger partial charge in [0.1, 0.15) is 0 Å². The number of nitrogens with one attached hydrogen (secondary N) is 1. The zero-order chi connectivity index (χ0) is 23.9. The molecule has 32 heavy (non-hydrogen) atoms. The van der Waals surface area contributed by atoms with Crippen LogP contribution in [0.3, 0.4) is 0 Å². The number of aliphatic carboxylic acids is 1. The van der Waals surface area contributed by atoms with Gasteiger partial charge in [0.2, 0.25) is 5.91 Å². The molecule has 0 aromatic carbocycles. The lowest BCUT2D eigenvalue weighted by Crippen LogP contribution is -2.36. The lowest BCUT2D eigenvalue weighted by atomic mass is 10.0. The Morgan fingerprint density at radius 2 is 1.19 bits per heavy atom. The summed E-state index contributed by atoms with van der Waals surface area (Å²) in [5.74, 6) is -0.798. The zero-order valence-corrected chi connectivity index (χ0v) is 21.6. The molecule has 0 rings (SSSR count). The van der Waals surface area contributed by atoms with Crippen molar-refractivity contribution in [2.75, 3.05) is 20.6 Å². The molecule has 5 heteroatoms. The molecule has 1 unspecified atom stereocenters. The van der Waals surface area contributed by atoms with Crippen molar-refractivity contribution in [2.45, 2.75) is 141 Å². The average Bonchev–Trinajstić information content (AvgIpc) is 2.73. The molecule has 1 atom stereocenters. The molecule has 2 N–H and O–H groups in total. The Labute approximate surface area is 199 Å². The van der Waals surface area contributed by atoms with Crippen molar-refractivity contribution >= 4 is 11.9 Å². The summed E-state index contributed by atoms with van der Waals surface area (Å²) in [4.78, 5) is 25.6. The lowest BCUT2D eigenvalue weighted by Gasteiger charge is -2.17. The van der Waals surface area contributed by atoms with Crippen LogP contribution in [0.2, 0.25) is 0 Å². The first kappa shape index (κ1) is 30.9. The molecule has 0 bridgehead atoms. The fourth-order valence-electron chi connectivity index (χ4n) is 4.21.